The predicted octanol–water partition coefficient (Wildman–Crippen LogP) is 3.63. The van der Waals surface area contributed by atoms with Gasteiger partial charge in [0.05, 0.1) is 31.3 Å². The Balaban J connectivity index is 1.67. The summed E-state index contributed by atoms with van der Waals surface area (Å²) in [6, 6.07) is 24.3. The van der Waals surface area contributed by atoms with E-state index in [0.29, 0.717) is 11.5 Å². The van der Waals surface area contributed by atoms with E-state index in [1.54, 1.807) is 33.3 Å². The van der Waals surface area contributed by atoms with Crippen LogP contribution in [0.2, 0.25) is 0 Å². The Morgan fingerprint density at radius 2 is 1.48 bits per heavy atom. The lowest BCUT2D eigenvalue weighted by atomic mass is 9.64. The van der Waals surface area contributed by atoms with Crippen molar-refractivity contribution in [1.82, 2.24) is 9.55 Å². The molecule has 1 aliphatic heterocycles. The van der Waals surface area contributed by atoms with Crippen LogP contribution in [0.3, 0.4) is 0 Å². The third-order valence-corrected chi connectivity index (χ3v) is 7.86. The van der Waals surface area contributed by atoms with Gasteiger partial charge in [0.1, 0.15) is 29.9 Å². The highest BCUT2D eigenvalue weighted by atomic mass is 16.5. The van der Waals surface area contributed by atoms with Crippen molar-refractivity contribution >= 4 is 6.08 Å². The zero-order valence-electron chi connectivity index (χ0n) is 23.6. The number of ether oxygens (including phenoxy) is 3. The summed E-state index contributed by atoms with van der Waals surface area (Å²) in [7, 11) is 3.17. The van der Waals surface area contributed by atoms with Gasteiger partial charge < -0.3 is 24.4 Å². The van der Waals surface area contributed by atoms with Gasteiger partial charge in [0.15, 0.2) is 0 Å². The van der Waals surface area contributed by atoms with E-state index in [4.69, 9.17) is 14.2 Å². The van der Waals surface area contributed by atoms with Crippen LogP contribution < -0.4 is 20.7 Å². The van der Waals surface area contributed by atoms with Gasteiger partial charge in [0, 0.05) is 12.6 Å². The van der Waals surface area contributed by atoms with Crippen LogP contribution in [0.1, 0.15) is 41.8 Å². The molecular formula is C33H34N2O7. The molecule has 0 spiro atoms. The van der Waals surface area contributed by atoms with Crippen LogP contribution in [0.5, 0.6) is 11.5 Å². The number of methoxy groups -OCH3 is 2. The van der Waals surface area contributed by atoms with E-state index in [0.717, 1.165) is 16.7 Å². The highest BCUT2D eigenvalue weighted by Gasteiger charge is 2.52. The first-order valence-electron chi connectivity index (χ1n) is 13.7. The maximum absolute atomic E-state index is 12.8. The molecule has 4 atom stereocenters. The van der Waals surface area contributed by atoms with Gasteiger partial charge in [-0.3, -0.25) is 14.3 Å². The number of aromatic nitrogens is 2. The molecule has 0 bridgehead atoms. The average Bonchev–Trinajstić information content (AvgIpc) is 3.41. The number of hydrogen-bond acceptors (Lipinski definition) is 7. The lowest BCUT2D eigenvalue weighted by Gasteiger charge is -2.43. The fourth-order valence-corrected chi connectivity index (χ4v) is 5.81. The number of rotatable bonds is 9. The normalized spacial score (nSPS) is 19.6. The molecule has 4 aromatic rings. The molecule has 0 amide bonds. The Bertz CT molecular complexity index is 1600. The molecule has 5 rings (SSSR count). The number of aromatic amines is 1. The minimum absolute atomic E-state index is 0.0268. The minimum Gasteiger partial charge on any atom is -0.497 e. The van der Waals surface area contributed by atoms with E-state index in [-0.39, 0.29) is 12.0 Å². The van der Waals surface area contributed by atoms with Crippen LogP contribution in [0.4, 0.5) is 0 Å². The largest absolute Gasteiger partial charge is 0.497 e. The molecule has 0 aliphatic carbocycles. The average molecular weight is 571 g/mol. The second kappa shape index (κ2) is 12.2. The second-order valence-electron chi connectivity index (χ2n) is 10.2. The van der Waals surface area contributed by atoms with Crippen LogP contribution in [0, 0.1) is 0 Å². The number of aliphatic hydroxyl groups is 2. The van der Waals surface area contributed by atoms with Gasteiger partial charge in [0.25, 0.3) is 5.56 Å². The molecule has 9 heteroatoms. The van der Waals surface area contributed by atoms with Gasteiger partial charge in [-0.15, -0.1) is 0 Å². The second-order valence-corrected chi connectivity index (χ2v) is 10.2. The summed E-state index contributed by atoms with van der Waals surface area (Å²) >= 11 is 0. The van der Waals surface area contributed by atoms with Crippen LogP contribution in [-0.4, -0.2) is 52.3 Å². The Labute approximate surface area is 243 Å². The predicted molar refractivity (Wildman–Crippen MR) is 159 cm³/mol. The summed E-state index contributed by atoms with van der Waals surface area (Å²) in [6.07, 6.45) is 0.221. The lowest BCUT2D eigenvalue weighted by Crippen LogP contribution is -2.51. The monoisotopic (exact) mass is 570 g/mol. The van der Waals surface area contributed by atoms with E-state index in [2.05, 4.69) is 4.98 Å². The third kappa shape index (κ3) is 5.18. The number of nitrogens with zero attached hydrogens (tertiary/aromatic N) is 1. The number of nitrogens with one attached hydrogen (secondary N) is 1. The topological polar surface area (TPSA) is 123 Å². The smallest absolute Gasteiger partial charge is 0.330 e. The van der Waals surface area contributed by atoms with E-state index >= 15 is 0 Å². The van der Waals surface area contributed by atoms with Crippen molar-refractivity contribution in [2.24, 2.45) is 0 Å². The zero-order valence-corrected chi connectivity index (χ0v) is 23.6. The van der Waals surface area contributed by atoms with Crippen molar-refractivity contribution in [2.45, 2.75) is 43.3 Å². The first kappa shape index (κ1) is 29.1. The standard InChI is InChI=1S/C33H34N2O7/c1-4-8-21-20-35(32(39)34-31(21)38)28-19-27(36)29(42-28)30(37)33(22-9-6-5-7-10-22,23-11-15-25(40-2)16-12-23)24-13-17-26(41-3)18-14-24/h4-18,20,27-30,36-37H,19H2,1-3H3,(H,34,38,39)/t27-,28+,29-,30?/m0/s1. The minimum atomic E-state index is -1.32. The number of hydrogen-bond donors (Lipinski definition) is 3. The van der Waals surface area contributed by atoms with Crippen molar-refractivity contribution in [1.29, 1.82) is 0 Å². The van der Waals surface area contributed by atoms with Crippen LogP contribution in [-0.2, 0) is 10.2 Å². The van der Waals surface area contributed by atoms with Gasteiger partial charge in [0.2, 0.25) is 0 Å². The number of H-pyrrole nitrogens is 1. The fraction of sp³-hybridized carbons (Fsp3) is 0.273. The van der Waals surface area contributed by atoms with Gasteiger partial charge in [-0.05, 0) is 47.9 Å². The molecule has 0 saturated carbocycles. The highest BCUT2D eigenvalue weighted by Crippen LogP contribution is 2.47. The molecule has 218 valence electrons. The Kier molecular flexibility index (Phi) is 8.44. The van der Waals surface area contributed by atoms with E-state index in [1.807, 2.05) is 78.9 Å². The molecule has 42 heavy (non-hydrogen) atoms. The number of benzene rings is 3. The molecular weight excluding hydrogens is 536 g/mol. The summed E-state index contributed by atoms with van der Waals surface area (Å²) in [5, 5.41) is 23.8. The maximum atomic E-state index is 12.8. The van der Waals surface area contributed by atoms with Crippen molar-refractivity contribution in [3.63, 3.8) is 0 Å². The van der Waals surface area contributed by atoms with E-state index in [1.165, 1.54) is 10.8 Å². The molecule has 0 radical (unpaired) electrons. The molecule has 9 nitrogen and oxygen atoms in total. The fourth-order valence-electron chi connectivity index (χ4n) is 5.81. The molecule has 1 unspecified atom stereocenters. The Morgan fingerprint density at radius 3 is 2.00 bits per heavy atom. The van der Waals surface area contributed by atoms with E-state index in [9.17, 15) is 19.8 Å². The summed E-state index contributed by atoms with van der Waals surface area (Å²) in [5.41, 5.74) is 0.114. The summed E-state index contributed by atoms with van der Waals surface area (Å²) in [4.78, 5) is 27.4. The van der Waals surface area contributed by atoms with Crippen molar-refractivity contribution in [3.8, 4) is 11.5 Å². The van der Waals surface area contributed by atoms with Crippen molar-refractivity contribution < 1.29 is 24.4 Å². The summed E-state index contributed by atoms with van der Waals surface area (Å²) in [6.45, 7) is 1.76. The SMILES string of the molecule is CC=Cc1cn([C@H]2C[C@H](O)[C@@H](C(O)C(c3ccccc3)(c3ccc(OC)cc3)c3ccc(OC)cc3)O2)c(=O)[nH]c1=O. The lowest BCUT2D eigenvalue weighted by molar-refractivity contribution is -0.0976. The third-order valence-electron chi connectivity index (χ3n) is 7.86. The first-order chi connectivity index (χ1) is 20.3. The Hall–Kier alpha value is -4.44. The van der Waals surface area contributed by atoms with Crippen LogP contribution >= 0.6 is 0 Å². The van der Waals surface area contributed by atoms with Crippen LogP contribution in [0.15, 0.2) is 101 Å². The molecule has 1 aliphatic rings. The van der Waals surface area contributed by atoms with Gasteiger partial charge in [-0.25, -0.2) is 4.79 Å². The highest BCUT2D eigenvalue weighted by molar-refractivity contribution is 5.54. The van der Waals surface area contributed by atoms with Gasteiger partial charge in [-0.2, -0.15) is 0 Å². The molecule has 2 heterocycles. The van der Waals surface area contributed by atoms with Crippen LogP contribution in [0.25, 0.3) is 6.08 Å². The zero-order chi connectivity index (χ0) is 29.9. The van der Waals surface area contributed by atoms with Gasteiger partial charge >= 0.3 is 5.69 Å². The van der Waals surface area contributed by atoms with Crippen molar-refractivity contribution in [2.75, 3.05) is 14.2 Å². The summed E-state index contributed by atoms with van der Waals surface area (Å²) in [5.74, 6) is 1.30. The molecule has 1 fully saturated rings. The number of allylic oxidation sites excluding steroid dienone is 1. The molecule has 3 aromatic carbocycles. The molecule has 1 aromatic heterocycles. The van der Waals surface area contributed by atoms with Crippen molar-refractivity contribution in [3.05, 3.63) is 134 Å². The molecule has 3 N–H and O–H groups in total. The summed E-state index contributed by atoms with van der Waals surface area (Å²) < 4.78 is 18.4. The van der Waals surface area contributed by atoms with Gasteiger partial charge in [-0.1, -0.05) is 66.7 Å². The molecule has 1 saturated heterocycles. The van der Waals surface area contributed by atoms with E-state index < -0.39 is 41.2 Å². The maximum Gasteiger partial charge on any atom is 0.330 e. The quantitative estimate of drug-likeness (QED) is 0.263. The number of aliphatic hydroxyl groups excluding tert-OH is 2. The first-order valence-corrected chi connectivity index (χ1v) is 13.7. The Morgan fingerprint density at radius 1 is 0.929 bits per heavy atom.